The van der Waals surface area contributed by atoms with E-state index in [-0.39, 0.29) is 77.6 Å². The lowest BCUT2D eigenvalue weighted by molar-refractivity contribution is -0.287. The lowest BCUT2D eigenvalue weighted by Gasteiger charge is -2.42. The fourth-order valence-electron chi connectivity index (χ4n) is 7.50. The molecule has 59 heavy (non-hydrogen) atoms. The van der Waals surface area contributed by atoms with E-state index in [1.807, 2.05) is 0 Å². The molecule has 18 heteroatoms. The number of nitrogens with two attached hydrogens (primary N) is 2. The second-order valence-corrected chi connectivity index (χ2v) is 14.0. The highest BCUT2D eigenvalue weighted by atomic mass is 16.7. The van der Waals surface area contributed by atoms with Gasteiger partial charge < -0.3 is 55.7 Å². The van der Waals surface area contributed by atoms with Gasteiger partial charge in [-0.1, -0.05) is 42.5 Å². The van der Waals surface area contributed by atoms with Gasteiger partial charge in [0.15, 0.2) is 34.6 Å². The van der Waals surface area contributed by atoms with Crippen LogP contribution in [0.1, 0.15) is 48.5 Å². The molecule has 1 saturated heterocycles. The van der Waals surface area contributed by atoms with Crippen molar-refractivity contribution >= 4 is 46.5 Å². The molecule has 0 bridgehead atoms. The highest BCUT2D eigenvalue weighted by molar-refractivity contribution is 6.72. The number of ketones is 2. The molecule has 4 heterocycles. The molecule has 1 fully saturated rings. The minimum absolute atomic E-state index is 0.00548. The average molecular weight is 806 g/mol. The number of rotatable bonds is 13. The number of amides is 1. The second-order valence-electron chi connectivity index (χ2n) is 14.0. The van der Waals surface area contributed by atoms with E-state index in [1.165, 1.54) is 12.1 Å². The number of fused-ring (bicyclic) bond motifs is 3. The lowest BCUT2D eigenvalue weighted by atomic mass is 9.81. The summed E-state index contributed by atoms with van der Waals surface area (Å²) >= 11 is 0. The smallest absolute Gasteiger partial charge is 0.302 e. The first kappa shape index (κ1) is 39.4. The maximum absolute atomic E-state index is 14.3. The third-order valence-corrected chi connectivity index (χ3v) is 10.3. The number of pyridine rings is 1. The van der Waals surface area contributed by atoms with Crippen molar-refractivity contribution in [2.75, 3.05) is 43.7 Å². The molecule has 0 radical (unpaired) electrons. The Morgan fingerprint density at radius 2 is 1.61 bits per heavy atom. The molecule has 4 aliphatic rings. The number of guanidine groups is 1. The zero-order valence-corrected chi connectivity index (χ0v) is 31.3. The van der Waals surface area contributed by atoms with Gasteiger partial charge in [-0.25, -0.2) is 4.98 Å². The van der Waals surface area contributed by atoms with Crippen molar-refractivity contribution in [3.05, 3.63) is 112 Å². The van der Waals surface area contributed by atoms with Crippen molar-refractivity contribution in [2.45, 2.75) is 43.5 Å². The molecule has 3 aliphatic heterocycles. The van der Waals surface area contributed by atoms with E-state index in [1.54, 1.807) is 65.7 Å². The maximum atomic E-state index is 14.3. The van der Waals surface area contributed by atoms with E-state index in [2.05, 4.69) is 20.0 Å². The monoisotopic (exact) mass is 805 g/mol. The molecule has 4 aromatic rings. The molecule has 0 saturated carbocycles. The predicted octanol–water partition coefficient (Wildman–Crippen LogP) is 0.319. The summed E-state index contributed by atoms with van der Waals surface area (Å²) in [6.07, 6.45) is -5.61. The van der Waals surface area contributed by atoms with Gasteiger partial charge in [-0.2, -0.15) is 9.98 Å². The van der Waals surface area contributed by atoms with Gasteiger partial charge >= 0.3 is 5.91 Å². The van der Waals surface area contributed by atoms with Crippen LogP contribution in [-0.2, 0) is 27.1 Å². The fraction of sp³-hybridized carbons (Fsp3) is 0.293. The quantitative estimate of drug-likeness (QED) is 0.0935. The van der Waals surface area contributed by atoms with Crippen molar-refractivity contribution in [3.8, 4) is 11.5 Å². The number of aliphatic imine (C=N–C) groups is 3. The summed E-state index contributed by atoms with van der Waals surface area (Å²) in [7, 11) is 0. The van der Waals surface area contributed by atoms with Crippen molar-refractivity contribution in [1.82, 2.24) is 4.98 Å². The number of aromatic nitrogens is 1. The first-order valence-corrected chi connectivity index (χ1v) is 18.7. The van der Waals surface area contributed by atoms with Crippen LogP contribution in [0.3, 0.4) is 0 Å². The van der Waals surface area contributed by atoms with Crippen molar-refractivity contribution < 1.29 is 53.8 Å². The molecule has 1 aromatic heterocycles. The standard InChI is InChI=1S/C41H39N7O11/c42-28-15-20(9-11-44-28)10-13-56-37-34(54)33(53)27(18-50)58-40(37)59-35-22(16-21-5-1-4-8-26(21)48-19-45-30-38(48)46-41(43)47-39(30)55)17-25-29(36(35)57-14-12-49)32(52)24-7-3-2-6-23(24)31(25)51/h1-9,11,15,17,27,33-34,37,40,49-50,53-54H,10,12-14,16,18-19H2,(H2,42,44)(H2,43,47,55). The largest absolute Gasteiger partial charge is 0.486 e. The summed E-state index contributed by atoms with van der Waals surface area (Å²) in [6, 6.07) is 18.4. The summed E-state index contributed by atoms with van der Waals surface area (Å²) in [5, 5.41) is 42.5. The lowest BCUT2D eigenvalue weighted by Crippen LogP contribution is -2.61. The summed E-state index contributed by atoms with van der Waals surface area (Å²) < 4.78 is 24.9. The van der Waals surface area contributed by atoms with Crippen LogP contribution in [0.2, 0.25) is 0 Å². The molecule has 5 unspecified atom stereocenters. The summed E-state index contributed by atoms with van der Waals surface area (Å²) in [6.45, 7) is -1.49. The molecular weight excluding hydrogens is 766 g/mol. The SMILES string of the molecule is NC1=NC(=O)C2=NCN(c3ccccc3Cc3cc4c(c(OCCO)c3OC3OC(CO)C(O)C(O)C3OCCc3ccnc(N)c3)C(=O)c3ccccc3C4=O)C2=N1. The van der Waals surface area contributed by atoms with Gasteiger partial charge in [0, 0.05) is 40.6 Å². The van der Waals surface area contributed by atoms with Crippen LogP contribution >= 0.6 is 0 Å². The molecule has 0 spiro atoms. The Morgan fingerprint density at radius 3 is 2.37 bits per heavy atom. The number of nitrogens with zero attached hydrogens (tertiary/aromatic N) is 5. The summed E-state index contributed by atoms with van der Waals surface area (Å²) in [4.78, 5) is 59.2. The first-order valence-electron chi connectivity index (χ1n) is 18.7. The highest BCUT2D eigenvalue weighted by Crippen LogP contribution is 2.45. The number of amidine groups is 1. The van der Waals surface area contributed by atoms with Crippen LogP contribution < -0.4 is 25.8 Å². The summed E-state index contributed by atoms with van der Waals surface area (Å²) in [5.41, 5.74) is 14.2. The van der Waals surface area contributed by atoms with Crippen LogP contribution in [0.15, 0.2) is 87.9 Å². The van der Waals surface area contributed by atoms with Gasteiger partial charge in [0.25, 0.3) is 0 Å². The average Bonchev–Trinajstić information content (AvgIpc) is 3.66. The Bertz CT molecular complexity index is 2440. The van der Waals surface area contributed by atoms with Crippen LogP contribution in [0.5, 0.6) is 11.5 Å². The number of aliphatic hydroxyl groups excluding tert-OH is 4. The van der Waals surface area contributed by atoms with Crippen LogP contribution in [0.25, 0.3) is 0 Å². The molecular formula is C41H39N7O11. The number of ether oxygens (including phenoxy) is 4. The van der Waals surface area contributed by atoms with E-state index in [9.17, 15) is 34.8 Å². The highest BCUT2D eigenvalue weighted by Gasteiger charge is 2.47. The zero-order valence-electron chi connectivity index (χ0n) is 31.3. The summed E-state index contributed by atoms with van der Waals surface area (Å²) in [5.74, 6) is -1.65. The van der Waals surface area contributed by atoms with Gasteiger partial charge in [0.2, 0.25) is 12.2 Å². The van der Waals surface area contributed by atoms with Gasteiger partial charge in [0.1, 0.15) is 43.5 Å². The number of benzene rings is 3. The van der Waals surface area contributed by atoms with Gasteiger partial charge in [0.05, 0.1) is 25.4 Å². The van der Waals surface area contributed by atoms with E-state index in [4.69, 9.17) is 30.4 Å². The van der Waals surface area contributed by atoms with Gasteiger partial charge in [-0.15, -0.1) is 0 Å². The van der Waals surface area contributed by atoms with Gasteiger partial charge in [-0.05, 0) is 41.8 Å². The Hall–Kier alpha value is -6.41. The Balaban J connectivity index is 1.24. The van der Waals surface area contributed by atoms with Gasteiger partial charge in [-0.3, -0.25) is 19.4 Å². The maximum Gasteiger partial charge on any atom is 0.302 e. The number of carbonyl (C=O) groups excluding carboxylic acids is 3. The molecule has 3 aromatic carbocycles. The van der Waals surface area contributed by atoms with Crippen LogP contribution in [0.4, 0.5) is 11.5 Å². The fourth-order valence-corrected chi connectivity index (χ4v) is 7.50. The third kappa shape index (κ3) is 7.44. The minimum atomic E-state index is -1.63. The number of anilines is 2. The Morgan fingerprint density at radius 1 is 0.847 bits per heavy atom. The van der Waals surface area contributed by atoms with Crippen LogP contribution in [-0.4, -0.2) is 124 Å². The molecule has 1 amide bonds. The van der Waals surface area contributed by atoms with Crippen molar-refractivity contribution in [3.63, 3.8) is 0 Å². The normalized spacial score (nSPS) is 22.2. The molecule has 304 valence electrons. The molecule has 18 nitrogen and oxygen atoms in total. The molecule has 1 aliphatic carbocycles. The number of hydrogen-bond donors (Lipinski definition) is 6. The number of carbonyl (C=O) groups is 3. The molecule has 8 rings (SSSR count). The Labute approximate surface area is 336 Å². The molecule has 8 N–H and O–H groups in total. The van der Waals surface area contributed by atoms with Crippen molar-refractivity contribution in [1.29, 1.82) is 0 Å². The third-order valence-electron chi connectivity index (χ3n) is 10.3. The Kier molecular flexibility index (Phi) is 11.0. The van der Waals surface area contributed by atoms with Crippen molar-refractivity contribution in [2.24, 2.45) is 20.7 Å². The first-order chi connectivity index (χ1) is 28.6. The topological polar surface area (TPSA) is 274 Å². The molecule has 5 atom stereocenters. The second kappa shape index (κ2) is 16.5. The number of nitrogen functional groups attached to an aromatic ring is 1. The predicted molar refractivity (Wildman–Crippen MR) is 211 cm³/mol. The minimum Gasteiger partial charge on any atom is -0.486 e. The van der Waals surface area contributed by atoms with E-state index < -0.39 is 61.4 Å². The van der Waals surface area contributed by atoms with E-state index in [0.717, 1.165) is 5.56 Å². The zero-order chi connectivity index (χ0) is 41.4. The number of para-hydroxylation sites is 1. The van der Waals surface area contributed by atoms with E-state index >= 15 is 0 Å². The van der Waals surface area contributed by atoms with E-state index in [0.29, 0.717) is 29.1 Å². The number of aliphatic hydroxyl groups is 4. The number of hydrogen-bond acceptors (Lipinski definition) is 17. The van der Waals surface area contributed by atoms with Crippen LogP contribution in [0, 0.1) is 0 Å².